The van der Waals surface area contributed by atoms with Gasteiger partial charge in [-0.25, -0.2) is 4.98 Å². The van der Waals surface area contributed by atoms with E-state index in [1.54, 1.807) is 4.57 Å². The van der Waals surface area contributed by atoms with Crippen LogP contribution in [-0.4, -0.2) is 33.9 Å². The molecule has 0 radical (unpaired) electrons. The Balaban J connectivity index is 2.14. The van der Waals surface area contributed by atoms with Gasteiger partial charge in [0.2, 0.25) is 0 Å². The number of hydrogen-bond acceptors (Lipinski definition) is 3. The second-order valence-corrected chi connectivity index (χ2v) is 5.00. The molecular weight excluding hydrogens is 303 g/mol. The van der Waals surface area contributed by atoms with Crippen molar-refractivity contribution in [1.82, 2.24) is 9.55 Å². The first kappa shape index (κ1) is 15.7. The van der Waals surface area contributed by atoms with E-state index in [9.17, 15) is 13.2 Å². The minimum absolute atomic E-state index is 0.0653. The molecule has 0 aliphatic rings. The van der Waals surface area contributed by atoms with Crippen LogP contribution < -0.4 is 5.73 Å². The summed E-state index contributed by atoms with van der Waals surface area (Å²) in [4.78, 5) is 4.68. The Morgan fingerprint density at radius 3 is 2.71 bits per heavy atom. The van der Waals surface area contributed by atoms with Crippen LogP contribution in [0.4, 0.5) is 13.2 Å². The van der Waals surface area contributed by atoms with E-state index in [0.29, 0.717) is 12.2 Å². The molecule has 1 aromatic carbocycles. The molecule has 0 amide bonds. The third kappa shape index (κ3) is 4.40. The molecule has 2 aromatic rings. The first-order valence-corrected chi connectivity index (χ1v) is 6.64. The van der Waals surface area contributed by atoms with E-state index in [-0.39, 0.29) is 18.1 Å². The summed E-state index contributed by atoms with van der Waals surface area (Å²) >= 11 is 4.87. The SMILES string of the molecule is NC(=S)Cc1nc2ccccc2n1CCOCC(F)(F)F. The number of alkyl halides is 3. The summed E-state index contributed by atoms with van der Waals surface area (Å²) in [7, 11) is 0. The Kier molecular flexibility index (Phi) is 4.79. The van der Waals surface area contributed by atoms with Gasteiger partial charge in [-0.3, -0.25) is 0 Å². The number of aromatic nitrogens is 2. The number of ether oxygens (including phenoxy) is 1. The van der Waals surface area contributed by atoms with Crippen molar-refractivity contribution in [2.45, 2.75) is 19.1 Å². The van der Waals surface area contributed by atoms with Gasteiger partial charge in [-0.1, -0.05) is 24.4 Å². The summed E-state index contributed by atoms with van der Waals surface area (Å²) in [5.74, 6) is 0.624. The molecule has 0 saturated carbocycles. The van der Waals surface area contributed by atoms with Crippen molar-refractivity contribution in [3.63, 3.8) is 0 Å². The normalized spacial score (nSPS) is 12.0. The highest BCUT2D eigenvalue weighted by Gasteiger charge is 2.27. The number of benzene rings is 1. The van der Waals surface area contributed by atoms with Crippen LogP contribution in [0.15, 0.2) is 24.3 Å². The number of rotatable bonds is 6. The van der Waals surface area contributed by atoms with Crippen LogP contribution >= 0.6 is 12.2 Å². The summed E-state index contributed by atoms with van der Waals surface area (Å²) < 4.78 is 42.6. The molecule has 0 aliphatic heterocycles. The average Bonchev–Trinajstić information content (AvgIpc) is 2.70. The zero-order valence-corrected chi connectivity index (χ0v) is 11.9. The van der Waals surface area contributed by atoms with Crippen molar-refractivity contribution in [3.05, 3.63) is 30.1 Å². The van der Waals surface area contributed by atoms with Crippen molar-refractivity contribution in [2.24, 2.45) is 5.73 Å². The van der Waals surface area contributed by atoms with E-state index in [1.807, 2.05) is 24.3 Å². The second kappa shape index (κ2) is 6.40. The second-order valence-electron chi connectivity index (χ2n) is 4.48. The fourth-order valence-corrected chi connectivity index (χ4v) is 2.14. The molecule has 0 unspecified atom stereocenters. The smallest absolute Gasteiger partial charge is 0.393 e. The van der Waals surface area contributed by atoms with Gasteiger partial charge in [0.25, 0.3) is 0 Å². The predicted molar refractivity (Wildman–Crippen MR) is 77.1 cm³/mol. The number of hydrogen-bond donors (Lipinski definition) is 1. The maximum atomic E-state index is 12.0. The number of halogens is 3. The summed E-state index contributed by atoms with van der Waals surface area (Å²) in [5, 5.41) is 0. The molecule has 2 N–H and O–H groups in total. The monoisotopic (exact) mass is 317 g/mol. The lowest BCUT2D eigenvalue weighted by Crippen LogP contribution is -2.20. The Labute approximate surface area is 124 Å². The van der Waals surface area contributed by atoms with Gasteiger partial charge in [-0.05, 0) is 12.1 Å². The van der Waals surface area contributed by atoms with E-state index in [4.69, 9.17) is 18.0 Å². The van der Waals surface area contributed by atoms with Crippen molar-refractivity contribution in [2.75, 3.05) is 13.2 Å². The van der Waals surface area contributed by atoms with E-state index >= 15 is 0 Å². The molecule has 1 aromatic heterocycles. The number of para-hydroxylation sites is 2. The van der Waals surface area contributed by atoms with Crippen LogP contribution in [0, 0.1) is 0 Å². The van der Waals surface area contributed by atoms with E-state index in [1.165, 1.54) is 0 Å². The lowest BCUT2D eigenvalue weighted by Gasteiger charge is -2.11. The van der Waals surface area contributed by atoms with Gasteiger partial charge in [-0.15, -0.1) is 0 Å². The molecule has 2 rings (SSSR count). The summed E-state index contributed by atoms with van der Waals surface area (Å²) in [6.07, 6.45) is -4.03. The van der Waals surface area contributed by atoms with Gasteiger partial charge in [0, 0.05) is 6.54 Å². The fraction of sp³-hybridized carbons (Fsp3) is 0.385. The van der Waals surface area contributed by atoms with Crippen LogP contribution in [-0.2, 0) is 17.7 Å². The third-order valence-electron chi connectivity index (χ3n) is 2.79. The maximum absolute atomic E-state index is 12.0. The van der Waals surface area contributed by atoms with E-state index in [2.05, 4.69) is 9.72 Å². The molecule has 0 spiro atoms. The Morgan fingerprint density at radius 1 is 1.33 bits per heavy atom. The van der Waals surface area contributed by atoms with Crippen molar-refractivity contribution >= 4 is 28.2 Å². The zero-order valence-electron chi connectivity index (χ0n) is 11.1. The third-order valence-corrected chi connectivity index (χ3v) is 2.94. The molecule has 0 bridgehead atoms. The first-order chi connectivity index (χ1) is 9.87. The van der Waals surface area contributed by atoms with Gasteiger partial charge in [0.05, 0.1) is 29.0 Å². The minimum Gasteiger partial charge on any atom is -0.393 e. The van der Waals surface area contributed by atoms with Crippen LogP contribution in [0.1, 0.15) is 5.82 Å². The molecule has 8 heteroatoms. The average molecular weight is 317 g/mol. The molecule has 1 heterocycles. The lowest BCUT2D eigenvalue weighted by molar-refractivity contribution is -0.174. The topological polar surface area (TPSA) is 53.1 Å². The minimum atomic E-state index is -4.32. The standard InChI is InChI=1S/C13H14F3N3OS/c14-13(15,16)8-20-6-5-19-10-4-2-1-3-9(10)18-12(19)7-11(17)21/h1-4H,5-8H2,(H2,17,21). The highest BCUT2D eigenvalue weighted by molar-refractivity contribution is 7.80. The number of imidazole rings is 1. The first-order valence-electron chi connectivity index (χ1n) is 6.24. The molecule has 0 atom stereocenters. The molecule has 114 valence electrons. The predicted octanol–water partition coefficient (Wildman–Crippen LogP) is 2.44. The number of nitrogens with zero attached hydrogens (tertiary/aromatic N) is 2. The van der Waals surface area contributed by atoms with Crippen LogP contribution in [0.5, 0.6) is 0 Å². The highest BCUT2D eigenvalue weighted by Crippen LogP contribution is 2.17. The lowest BCUT2D eigenvalue weighted by atomic mass is 10.3. The zero-order chi connectivity index (χ0) is 15.5. The quantitative estimate of drug-likeness (QED) is 0.657. The fourth-order valence-electron chi connectivity index (χ4n) is 2.01. The molecule has 4 nitrogen and oxygen atoms in total. The Bertz CT molecular complexity index is 639. The van der Waals surface area contributed by atoms with Crippen molar-refractivity contribution in [1.29, 1.82) is 0 Å². The summed E-state index contributed by atoms with van der Waals surface area (Å²) in [6, 6.07) is 7.34. The Hall–Kier alpha value is -1.67. The number of thiocarbonyl (C=S) groups is 1. The largest absolute Gasteiger partial charge is 0.411 e. The molecule has 0 saturated heterocycles. The van der Waals surface area contributed by atoms with Crippen molar-refractivity contribution < 1.29 is 17.9 Å². The maximum Gasteiger partial charge on any atom is 0.411 e. The summed E-state index contributed by atoms with van der Waals surface area (Å²) in [5.41, 5.74) is 7.09. The summed E-state index contributed by atoms with van der Waals surface area (Å²) in [6.45, 7) is -1.07. The van der Waals surface area contributed by atoms with E-state index < -0.39 is 12.8 Å². The van der Waals surface area contributed by atoms with E-state index in [0.717, 1.165) is 11.0 Å². The Morgan fingerprint density at radius 2 is 2.05 bits per heavy atom. The van der Waals surface area contributed by atoms with Gasteiger partial charge in [0.15, 0.2) is 0 Å². The number of nitrogens with two attached hydrogens (primary N) is 1. The van der Waals surface area contributed by atoms with Crippen LogP contribution in [0.25, 0.3) is 11.0 Å². The molecule has 0 aliphatic carbocycles. The highest BCUT2D eigenvalue weighted by atomic mass is 32.1. The number of fused-ring (bicyclic) bond motifs is 1. The van der Waals surface area contributed by atoms with Gasteiger partial charge in [-0.2, -0.15) is 13.2 Å². The molecular formula is C13H14F3N3OS. The van der Waals surface area contributed by atoms with Gasteiger partial charge in [0.1, 0.15) is 12.4 Å². The van der Waals surface area contributed by atoms with Crippen LogP contribution in [0.2, 0.25) is 0 Å². The van der Waals surface area contributed by atoms with Crippen LogP contribution in [0.3, 0.4) is 0 Å². The van der Waals surface area contributed by atoms with Gasteiger partial charge >= 0.3 is 6.18 Å². The van der Waals surface area contributed by atoms with Crippen molar-refractivity contribution in [3.8, 4) is 0 Å². The van der Waals surface area contributed by atoms with Gasteiger partial charge < -0.3 is 15.0 Å². The molecule has 21 heavy (non-hydrogen) atoms. The molecule has 0 fully saturated rings.